The van der Waals surface area contributed by atoms with Crippen LogP contribution in [0.25, 0.3) is 0 Å². The number of hydrogen-bond acceptors (Lipinski definition) is 4. The number of nitrogens with zero attached hydrogens (tertiary/aromatic N) is 2. The van der Waals surface area contributed by atoms with Gasteiger partial charge in [-0.15, -0.1) is 0 Å². The summed E-state index contributed by atoms with van der Waals surface area (Å²) in [5.41, 5.74) is 2.69. The van der Waals surface area contributed by atoms with Crippen molar-refractivity contribution in [2.24, 2.45) is 0 Å². The Morgan fingerprint density at radius 3 is 2.75 bits per heavy atom. The van der Waals surface area contributed by atoms with E-state index in [0.29, 0.717) is 22.9 Å². The fraction of sp³-hybridized carbons (Fsp3) is 0.118. The molecule has 2 aromatic carbocycles. The van der Waals surface area contributed by atoms with Gasteiger partial charge in [0.2, 0.25) is 0 Å². The molecule has 1 aromatic heterocycles. The zero-order chi connectivity index (χ0) is 16.8. The highest BCUT2D eigenvalue weighted by Crippen LogP contribution is 2.19. The van der Waals surface area contributed by atoms with Crippen molar-refractivity contribution in [1.82, 2.24) is 20.5 Å². The number of amides is 1. The normalized spacial score (nSPS) is 10.5. The van der Waals surface area contributed by atoms with E-state index in [-0.39, 0.29) is 5.91 Å². The first-order valence-electron chi connectivity index (χ1n) is 7.30. The van der Waals surface area contributed by atoms with Crippen LogP contribution < -0.4 is 5.32 Å². The largest absolute Gasteiger partial charge is 0.348 e. The molecule has 1 heterocycles. The Morgan fingerprint density at radius 1 is 1.17 bits per heavy atom. The van der Waals surface area contributed by atoms with Gasteiger partial charge in [-0.2, -0.15) is 5.10 Å². The van der Waals surface area contributed by atoms with Gasteiger partial charge in [0.05, 0.1) is 0 Å². The lowest BCUT2D eigenvalue weighted by atomic mass is 10.1. The summed E-state index contributed by atoms with van der Waals surface area (Å²) in [6.07, 6.45) is 1.48. The SMILES string of the molecule is O=C(NCc1ccc(Cl)cc1)c1cccc(CSc2ncn[nH]2)c1. The Hall–Kier alpha value is -2.31. The highest BCUT2D eigenvalue weighted by atomic mass is 35.5. The van der Waals surface area contributed by atoms with Gasteiger partial charge in [0.1, 0.15) is 6.33 Å². The molecule has 0 aliphatic carbocycles. The van der Waals surface area contributed by atoms with Crippen LogP contribution in [0, 0.1) is 0 Å². The monoisotopic (exact) mass is 358 g/mol. The predicted molar refractivity (Wildman–Crippen MR) is 95.0 cm³/mol. The minimum atomic E-state index is -0.100. The van der Waals surface area contributed by atoms with Crippen LogP contribution in [0.3, 0.4) is 0 Å². The molecule has 3 aromatic rings. The van der Waals surface area contributed by atoms with Gasteiger partial charge in [-0.05, 0) is 35.4 Å². The second kappa shape index (κ2) is 7.99. The second-order valence-corrected chi connectivity index (χ2v) is 6.49. The number of thioether (sulfide) groups is 1. The summed E-state index contributed by atoms with van der Waals surface area (Å²) in [6, 6.07) is 15.0. The van der Waals surface area contributed by atoms with E-state index in [0.717, 1.165) is 16.3 Å². The summed E-state index contributed by atoms with van der Waals surface area (Å²) in [5, 5.41) is 11.0. The third-order valence-electron chi connectivity index (χ3n) is 3.32. The zero-order valence-corrected chi connectivity index (χ0v) is 14.3. The Kier molecular flexibility index (Phi) is 5.51. The molecule has 5 nitrogen and oxygen atoms in total. The van der Waals surface area contributed by atoms with Gasteiger partial charge in [0.15, 0.2) is 5.16 Å². The fourth-order valence-corrected chi connectivity index (χ4v) is 2.95. The van der Waals surface area contributed by atoms with Crippen LogP contribution in [-0.2, 0) is 12.3 Å². The van der Waals surface area contributed by atoms with Gasteiger partial charge in [0.25, 0.3) is 5.91 Å². The van der Waals surface area contributed by atoms with Crippen LogP contribution in [0.5, 0.6) is 0 Å². The predicted octanol–water partition coefficient (Wildman–Crippen LogP) is 3.68. The zero-order valence-electron chi connectivity index (χ0n) is 12.7. The van der Waals surface area contributed by atoms with E-state index in [4.69, 9.17) is 11.6 Å². The molecule has 122 valence electrons. The molecule has 0 spiro atoms. The standard InChI is InChI=1S/C17H15ClN4OS/c18-15-6-4-12(5-7-15)9-19-16(23)14-3-1-2-13(8-14)10-24-17-20-11-21-22-17/h1-8,11H,9-10H2,(H,19,23)(H,20,21,22). The van der Waals surface area contributed by atoms with Crippen LogP contribution in [-0.4, -0.2) is 21.1 Å². The molecule has 0 aliphatic rings. The maximum Gasteiger partial charge on any atom is 0.251 e. The van der Waals surface area contributed by atoms with Crippen LogP contribution in [0.4, 0.5) is 0 Å². The first kappa shape index (κ1) is 16.5. The maximum atomic E-state index is 12.3. The van der Waals surface area contributed by atoms with Crippen molar-refractivity contribution in [2.75, 3.05) is 0 Å². The third-order valence-corrected chi connectivity index (χ3v) is 4.52. The molecule has 2 N–H and O–H groups in total. The number of hydrogen-bond donors (Lipinski definition) is 2. The molecule has 0 radical (unpaired) electrons. The Bertz CT molecular complexity index is 806. The number of nitrogens with one attached hydrogen (secondary N) is 2. The molecule has 0 unspecified atom stereocenters. The number of benzene rings is 2. The molecule has 3 rings (SSSR count). The summed E-state index contributed by atoms with van der Waals surface area (Å²) in [4.78, 5) is 16.4. The minimum Gasteiger partial charge on any atom is -0.348 e. The fourth-order valence-electron chi connectivity index (χ4n) is 2.10. The second-order valence-electron chi connectivity index (χ2n) is 5.09. The molecule has 7 heteroatoms. The van der Waals surface area contributed by atoms with Crippen LogP contribution in [0.1, 0.15) is 21.5 Å². The Labute approximate surface area is 148 Å². The number of aromatic nitrogens is 3. The smallest absolute Gasteiger partial charge is 0.251 e. The minimum absolute atomic E-state index is 0.100. The van der Waals surface area contributed by atoms with Gasteiger partial charge >= 0.3 is 0 Å². The summed E-state index contributed by atoms with van der Waals surface area (Å²) in [5.74, 6) is 0.615. The Balaban J connectivity index is 1.58. The number of carbonyl (C=O) groups excluding carboxylic acids is 1. The number of rotatable bonds is 6. The van der Waals surface area contributed by atoms with Crippen molar-refractivity contribution >= 4 is 29.3 Å². The molecule has 24 heavy (non-hydrogen) atoms. The van der Waals surface area contributed by atoms with E-state index < -0.39 is 0 Å². The van der Waals surface area contributed by atoms with Crippen LogP contribution in [0.15, 0.2) is 60.0 Å². The number of aromatic amines is 1. The van der Waals surface area contributed by atoms with E-state index in [9.17, 15) is 4.79 Å². The first-order valence-corrected chi connectivity index (χ1v) is 8.67. The van der Waals surface area contributed by atoms with Crippen LogP contribution >= 0.6 is 23.4 Å². The van der Waals surface area contributed by atoms with Gasteiger partial charge in [-0.3, -0.25) is 9.89 Å². The van der Waals surface area contributed by atoms with Crippen molar-refractivity contribution in [2.45, 2.75) is 17.5 Å². The molecule has 0 fully saturated rings. The van der Waals surface area contributed by atoms with E-state index in [1.165, 1.54) is 18.1 Å². The first-order chi connectivity index (χ1) is 11.7. The third kappa shape index (κ3) is 4.59. The summed E-state index contributed by atoms with van der Waals surface area (Å²) >= 11 is 7.39. The maximum absolute atomic E-state index is 12.3. The van der Waals surface area contributed by atoms with Gasteiger partial charge < -0.3 is 5.32 Å². The molecule has 0 saturated heterocycles. The molecular weight excluding hydrogens is 344 g/mol. The lowest BCUT2D eigenvalue weighted by Gasteiger charge is -2.07. The summed E-state index contributed by atoms with van der Waals surface area (Å²) in [7, 11) is 0. The molecule has 0 aliphatic heterocycles. The molecule has 0 saturated carbocycles. The van der Waals surface area contributed by atoms with E-state index >= 15 is 0 Å². The molecule has 0 bridgehead atoms. The van der Waals surface area contributed by atoms with Gasteiger partial charge in [-0.25, -0.2) is 4.98 Å². The van der Waals surface area contributed by atoms with Gasteiger partial charge in [-0.1, -0.05) is 47.6 Å². The molecular formula is C17H15ClN4OS. The van der Waals surface area contributed by atoms with Crippen molar-refractivity contribution in [3.63, 3.8) is 0 Å². The summed E-state index contributed by atoms with van der Waals surface area (Å²) in [6.45, 7) is 0.465. The van der Waals surface area contributed by atoms with Gasteiger partial charge in [0, 0.05) is 22.9 Å². The lowest BCUT2D eigenvalue weighted by Crippen LogP contribution is -2.22. The van der Waals surface area contributed by atoms with Crippen molar-refractivity contribution in [1.29, 1.82) is 0 Å². The number of H-pyrrole nitrogens is 1. The van der Waals surface area contributed by atoms with Crippen molar-refractivity contribution in [3.05, 3.63) is 76.6 Å². The average molecular weight is 359 g/mol. The summed E-state index contributed by atoms with van der Waals surface area (Å²) < 4.78 is 0. The highest BCUT2D eigenvalue weighted by molar-refractivity contribution is 7.98. The topological polar surface area (TPSA) is 70.7 Å². The highest BCUT2D eigenvalue weighted by Gasteiger charge is 2.07. The van der Waals surface area contributed by atoms with Crippen molar-refractivity contribution in [3.8, 4) is 0 Å². The molecule has 1 amide bonds. The lowest BCUT2D eigenvalue weighted by molar-refractivity contribution is 0.0951. The molecule has 0 atom stereocenters. The van der Waals surface area contributed by atoms with Crippen LogP contribution in [0.2, 0.25) is 5.02 Å². The Morgan fingerprint density at radius 2 is 2.00 bits per heavy atom. The van der Waals surface area contributed by atoms with E-state index in [1.807, 2.05) is 42.5 Å². The van der Waals surface area contributed by atoms with Crippen molar-refractivity contribution < 1.29 is 4.79 Å². The average Bonchev–Trinajstić information content (AvgIpc) is 3.13. The quantitative estimate of drug-likeness (QED) is 0.659. The van der Waals surface area contributed by atoms with E-state index in [2.05, 4.69) is 20.5 Å². The number of carbonyl (C=O) groups is 1. The number of halogens is 1. The van der Waals surface area contributed by atoms with E-state index in [1.54, 1.807) is 6.07 Å².